The summed E-state index contributed by atoms with van der Waals surface area (Å²) in [5.74, 6) is -1.54. The third-order valence-electron chi connectivity index (χ3n) is 2.92. The number of carboxylic acids is 1. The van der Waals surface area contributed by atoms with Crippen LogP contribution in [0.3, 0.4) is 0 Å². The minimum Gasteiger partial charge on any atom is -0.480 e. The molecule has 98 valence electrons. The van der Waals surface area contributed by atoms with Gasteiger partial charge in [-0.15, -0.1) is 11.3 Å². The van der Waals surface area contributed by atoms with E-state index in [1.165, 1.54) is 16.2 Å². The molecule has 1 saturated heterocycles. The summed E-state index contributed by atoms with van der Waals surface area (Å²) in [5, 5.41) is 20.6. The van der Waals surface area contributed by atoms with E-state index in [0.29, 0.717) is 9.90 Å². The Morgan fingerprint density at radius 2 is 2.22 bits per heavy atom. The zero-order valence-electron chi connectivity index (χ0n) is 9.59. The van der Waals surface area contributed by atoms with Crippen molar-refractivity contribution in [2.24, 2.45) is 0 Å². The molecule has 0 aliphatic carbocycles. The SMILES string of the molecule is Cc1csc(C(=O)N2C[C@H](O)C[C@@H]2C(=O)O)c1Cl. The first-order valence-corrected chi connectivity index (χ1v) is 6.63. The lowest BCUT2D eigenvalue weighted by molar-refractivity contribution is -0.141. The molecular weight excluding hydrogens is 278 g/mol. The summed E-state index contributed by atoms with van der Waals surface area (Å²) in [7, 11) is 0. The summed E-state index contributed by atoms with van der Waals surface area (Å²) in [6.07, 6.45) is -0.738. The smallest absolute Gasteiger partial charge is 0.326 e. The van der Waals surface area contributed by atoms with Gasteiger partial charge in [-0.2, -0.15) is 0 Å². The predicted octanol–water partition coefficient (Wildman–Crippen LogP) is 1.37. The largest absolute Gasteiger partial charge is 0.480 e. The zero-order chi connectivity index (χ0) is 13.4. The lowest BCUT2D eigenvalue weighted by atomic mass is 10.2. The number of hydrogen-bond donors (Lipinski definition) is 2. The highest BCUT2D eigenvalue weighted by Gasteiger charge is 2.40. The van der Waals surface area contributed by atoms with E-state index < -0.39 is 24.0 Å². The lowest BCUT2D eigenvalue weighted by Crippen LogP contribution is -2.40. The van der Waals surface area contributed by atoms with Crippen molar-refractivity contribution in [3.05, 3.63) is 20.8 Å². The number of aliphatic carboxylic acids is 1. The van der Waals surface area contributed by atoms with Crippen molar-refractivity contribution in [2.45, 2.75) is 25.5 Å². The Hall–Kier alpha value is -1.11. The Labute approximate surface area is 113 Å². The molecule has 0 saturated carbocycles. The molecule has 2 atom stereocenters. The number of amides is 1. The summed E-state index contributed by atoms with van der Waals surface area (Å²) in [6, 6.07) is -0.981. The van der Waals surface area contributed by atoms with Crippen molar-refractivity contribution in [1.82, 2.24) is 4.90 Å². The number of carbonyl (C=O) groups is 2. The van der Waals surface area contributed by atoms with Gasteiger partial charge in [0.25, 0.3) is 5.91 Å². The second kappa shape index (κ2) is 4.87. The number of β-amino-alcohol motifs (C(OH)–C–C–N with tert-alkyl or cyclic N) is 1. The number of carboxylic acid groups (broad SMARTS) is 1. The maximum atomic E-state index is 12.2. The number of aliphatic hydroxyl groups is 1. The fraction of sp³-hybridized carbons (Fsp3) is 0.455. The summed E-state index contributed by atoms with van der Waals surface area (Å²) < 4.78 is 0. The van der Waals surface area contributed by atoms with Gasteiger partial charge in [0.1, 0.15) is 10.9 Å². The summed E-state index contributed by atoms with van der Waals surface area (Å²) in [6.45, 7) is 1.81. The fourth-order valence-corrected chi connectivity index (χ4v) is 3.21. The van der Waals surface area contributed by atoms with E-state index >= 15 is 0 Å². The van der Waals surface area contributed by atoms with Crippen molar-refractivity contribution in [2.75, 3.05) is 6.54 Å². The molecule has 7 heteroatoms. The van der Waals surface area contributed by atoms with Gasteiger partial charge in [-0.05, 0) is 17.9 Å². The van der Waals surface area contributed by atoms with Gasteiger partial charge in [-0.25, -0.2) is 4.79 Å². The quantitative estimate of drug-likeness (QED) is 0.862. The van der Waals surface area contributed by atoms with Gasteiger partial charge >= 0.3 is 5.97 Å². The molecule has 1 aromatic heterocycles. The number of aryl methyl sites for hydroxylation is 1. The number of nitrogens with zero attached hydrogens (tertiary/aromatic N) is 1. The third-order valence-corrected chi connectivity index (χ3v) is 4.60. The van der Waals surface area contributed by atoms with Crippen LogP contribution in [0.15, 0.2) is 5.38 Å². The Balaban J connectivity index is 2.28. The van der Waals surface area contributed by atoms with Crippen molar-refractivity contribution in [3.63, 3.8) is 0 Å². The number of carbonyl (C=O) groups excluding carboxylic acids is 1. The molecule has 2 N–H and O–H groups in total. The standard InChI is InChI=1S/C11H12ClNO4S/c1-5-4-18-9(8(5)12)10(15)13-3-6(14)2-7(13)11(16)17/h4,6-7,14H,2-3H2,1H3,(H,16,17)/t6-,7-/m1/s1. The highest BCUT2D eigenvalue weighted by molar-refractivity contribution is 7.13. The van der Waals surface area contributed by atoms with Crippen molar-refractivity contribution >= 4 is 34.8 Å². The topological polar surface area (TPSA) is 77.8 Å². The highest BCUT2D eigenvalue weighted by atomic mass is 35.5. The minimum absolute atomic E-state index is 0.0308. The summed E-state index contributed by atoms with van der Waals surface area (Å²) in [5.41, 5.74) is 0.789. The first-order chi connectivity index (χ1) is 8.41. The van der Waals surface area contributed by atoms with E-state index in [-0.39, 0.29) is 13.0 Å². The van der Waals surface area contributed by atoms with E-state index in [2.05, 4.69) is 0 Å². The first kappa shape index (κ1) is 13.3. The highest BCUT2D eigenvalue weighted by Crippen LogP contribution is 2.30. The molecular formula is C11H12ClNO4S. The van der Waals surface area contributed by atoms with Gasteiger partial charge in [-0.1, -0.05) is 11.6 Å². The van der Waals surface area contributed by atoms with Crippen LogP contribution in [0.1, 0.15) is 21.7 Å². The fourth-order valence-electron chi connectivity index (χ4n) is 1.98. The third kappa shape index (κ3) is 2.23. The molecule has 0 unspecified atom stereocenters. The van der Waals surface area contributed by atoms with E-state index in [0.717, 1.165) is 5.56 Å². The van der Waals surface area contributed by atoms with E-state index in [1.54, 1.807) is 12.3 Å². The number of hydrogen-bond acceptors (Lipinski definition) is 4. The van der Waals surface area contributed by atoms with Crippen molar-refractivity contribution < 1.29 is 19.8 Å². The molecule has 1 aromatic rings. The number of likely N-dealkylation sites (tertiary alicyclic amines) is 1. The van der Waals surface area contributed by atoms with E-state index in [4.69, 9.17) is 16.7 Å². The van der Waals surface area contributed by atoms with Crippen LogP contribution < -0.4 is 0 Å². The minimum atomic E-state index is -1.11. The number of aliphatic hydroxyl groups excluding tert-OH is 1. The van der Waals surface area contributed by atoms with Gasteiger partial charge in [-0.3, -0.25) is 4.79 Å². The van der Waals surface area contributed by atoms with Gasteiger partial charge in [0, 0.05) is 13.0 Å². The van der Waals surface area contributed by atoms with Crippen LogP contribution in [0.5, 0.6) is 0 Å². The van der Waals surface area contributed by atoms with Crippen molar-refractivity contribution in [1.29, 1.82) is 0 Å². The van der Waals surface area contributed by atoms with E-state index in [9.17, 15) is 14.7 Å². The van der Waals surface area contributed by atoms with Crippen LogP contribution in [0.25, 0.3) is 0 Å². The Bertz CT molecular complexity index is 501. The molecule has 2 rings (SSSR count). The van der Waals surface area contributed by atoms with Crippen LogP contribution >= 0.6 is 22.9 Å². The van der Waals surface area contributed by atoms with Crippen LogP contribution in [-0.2, 0) is 4.79 Å². The lowest BCUT2D eigenvalue weighted by Gasteiger charge is -2.20. The maximum Gasteiger partial charge on any atom is 0.326 e. The molecule has 0 bridgehead atoms. The number of thiophene rings is 1. The van der Waals surface area contributed by atoms with Crippen LogP contribution in [0.4, 0.5) is 0 Å². The van der Waals surface area contributed by atoms with Gasteiger partial charge < -0.3 is 15.1 Å². The first-order valence-electron chi connectivity index (χ1n) is 5.37. The second-order valence-corrected chi connectivity index (χ2v) is 5.52. The number of halogens is 1. The maximum absolute atomic E-state index is 12.2. The Morgan fingerprint density at radius 3 is 2.72 bits per heavy atom. The van der Waals surface area contributed by atoms with Gasteiger partial charge in [0.05, 0.1) is 11.1 Å². The Morgan fingerprint density at radius 1 is 1.56 bits per heavy atom. The van der Waals surface area contributed by atoms with Crippen molar-refractivity contribution in [3.8, 4) is 0 Å². The molecule has 0 radical (unpaired) electrons. The summed E-state index contributed by atoms with van der Waals surface area (Å²) >= 11 is 7.19. The molecule has 1 fully saturated rings. The van der Waals surface area contributed by atoms with Crippen LogP contribution in [0.2, 0.25) is 5.02 Å². The van der Waals surface area contributed by atoms with Gasteiger partial charge in [0.2, 0.25) is 0 Å². The second-order valence-electron chi connectivity index (χ2n) is 4.26. The monoisotopic (exact) mass is 289 g/mol. The van der Waals surface area contributed by atoms with Crippen LogP contribution in [0, 0.1) is 6.92 Å². The molecule has 0 spiro atoms. The van der Waals surface area contributed by atoms with E-state index in [1.807, 2.05) is 0 Å². The molecule has 1 aliphatic rings. The van der Waals surface area contributed by atoms with Gasteiger partial charge in [0.15, 0.2) is 0 Å². The van der Waals surface area contributed by atoms with Crippen LogP contribution in [-0.4, -0.2) is 45.7 Å². The molecule has 1 amide bonds. The molecule has 1 aliphatic heterocycles. The molecule has 5 nitrogen and oxygen atoms in total. The Kier molecular flexibility index (Phi) is 3.61. The molecule has 2 heterocycles. The average molecular weight is 290 g/mol. The molecule has 0 aromatic carbocycles. The molecule has 18 heavy (non-hydrogen) atoms. The number of rotatable bonds is 2. The zero-order valence-corrected chi connectivity index (χ0v) is 11.2. The average Bonchev–Trinajstić information content (AvgIpc) is 2.84. The summed E-state index contributed by atoms with van der Waals surface area (Å²) in [4.78, 5) is 24.8. The normalized spacial score (nSPS) is 23.4. The predicted molar refractivity (Wildman–Crippen MR) is 67.2 cm³/mol.